The van der Waals surface area contributed by atoms with Crippen molar-refractivity contribution in [3.05, 3.63) is 0 Å². The maximum Gasteiger partial charge on any atom is 0.312 e. The number of carboxylic acid groups (broad SMARTS) is 1. The van der Waals surface area contributed by atoms with Gasteiger partial charge in [-0.2, -0.15) is 0 Å². The SMILES string of the molecule is O=C(O)C12CC1CCC2O. The standard InChI is InChI=1S/C7H10O3/c8-5-2-1-4-3-7(4,5)6(9)10/h4-5,8H,1-3H2,(H,9,10). The molecular weight excluding hydrogens is 132 g/mol. The van der Waals surface area contributed by atoms with E-state index in [0.717, 1.165) is 6.42 Å². The van der Waals surface area contributed by atoms with Crippen LogP contribution in [-0.2, 0) is 4.79 Å². The molecule has 0 aliphatic heterocycles. The largest absolute Gasteiger partial charge is 0.481 e. The molecule has 2 saturated carbocycles. The van der Waals surface area contributed by atoms with E-state index in [1.807, 2.05) is 0 Å². The van der Waals surface area contributed by atoms with Crippen molar-refractivity contribution in [2.45, 2.75) is 25.4 Å². The van der Waals surface area contributed by atoms with E-state index in [1.165, 1.54) is 0 Å². The molecule has 3 atom stereocenters. The second-order valence-electron chi connectivity index (χ2n) is 3.34. The molecule has 0 spiro atoms. The summed E-state index contributed by atoms with van der Waals surface area (Å²) in [6.07, 6.45) is 1.70. The molecule has 2 aliphatic rings. The van der Waals surface area contributed by atoms with Crippen molar-refractivity contribution in [2.75, 3.05) is 0 Å². The normalized spacial score (nSPS) is 50.5. The van der Waals surface area contributed by atoms with Crippen molar-refractivity contribution in [1.82, 2.24) is 0 Å². The van der Waals surface area contributed by atoms with Gasteiger partial charge < -0.3 is 10.2 Å². The van der Waals surface area contributed by atoms with E-state index in [9.17, 15) is 9.90 Å². The lowest BCUT2D eigenvalue weighted by Gasteiger charge is -2.11. The average Bonchev–Trinajstić information content (AvgIpc) is 2.52. The Morgan fingerprint density at radius 3 is 2.40 bits per heavy atom. The van der Waals surface area contributed by atoms with Crippen LogP contribution in [0.25, 0.3) is 0 Å². The van der Waals surface area contributed by atoms with Crippen molar-refractivity contribution in [1.29, 1.82) is 0 Å². The average molecular weight is 142 g/mol. The number of aliphatic hydroxyl groups excluding tert-OH is 1. The Kier molecular flexibility index (Phi) is 0.944. The van der Waals surface area contributed by atoms with Crippen molar-refractivity contribution < 1.29 is 15.0 Å². The number of carbonyl (C=O) groups is 1. The molecule has 56 valence electrons. The maximum atomic E-state index is 10.6. The molecule has 3 nitrogen and oxygen atoms in total. The summed E-state index contributed by atoms with van der Waals surface area (Å²) in [4.78, 5) is 10.6. The molecule has 2 aliphatic carbocycles. The summed E-state index contributed by atoms with van der Waals surface area (Å²) in [6, 6.07) is 0. The van der Waals surface area contributed by atoms with E-state index in [1.54, 1.807) is 0 Å². The molecule has 10 heavy (non-hydrogen) atoms. The maximum absolute atomic E-state index is 10.6. The summed E-state index contributed by atoms with van der Waals surface area (Å²) in [5, 5.41) is 18.0. The second-order valence-corrected chi connectivity index (χ2v) is 3.34. The van der Waals surface area contributed by atoms with Crippen LogP contribution in [0.5, 0.6) is 0 Å². The van der Waals surface area contributed by atoms with Crippen LogP contribution in [0, 0.1) is 11.3 Å². The van der Waals surface area contributed by atoms with Crippen LogP contribution < -0.4 is 0 Å². The highest BCUT2D eigenvalue weighted by molar-refractivity contribution is 5.80. The molecule has 3 heteroatoms. The van der Waals surface area contributed by atoms with Crippen LogP contribution in [0.3, 0.4) is 0 Å². The first-order chi connectivity index (χ1) is 4.68. The highest BCUT2D eigenvalue weighted by Crippen LogP contribution is 2.63. The summed E-state index contributed by atoms with van der Waals surface area (Å²) >= 11 is 0. The summed E-state index contributed by atoms with van der Waals surface area (Å²) in [5.74, 6) is -0.525. The van der Waals surface area contributed by atoms with E-state index in [4.69, 9.17) is 5.11 Å². The van der Waals surface area contributed by atoms with Crippen LogP contribution in [0.15, 0.2) is 0 Å². The molecule has 0 radical (unpaired) electrons. The predicted molar refractivity (Wildman–Crippen MR) is 33.4 cm³/mol. The van der Waals surface area contributed by atoms with Crippen LogP contribution in [0.4, 0.5) is 0 Å². The minimum Gasteiger partial charge on any atom is -0.481 e. The Hall–Kier alpha value is -0.570. The number of aliphatic hydroxyl groups is 1. The summed E-state index contributed by atoms with van der Waals surface area (Å²) in [7, 11) is 0. The van der Waals surface area contributed by atoms with E-state index in [0.29, 0.717) is 12.8 Å². The molecule has 2 fully saturated rings. The van der Waals surface area contributed by atoms with Crippen LogP contribution in [-0.4, -0.2) is 22.3 Å². The lowest BCUT2D eigenvalue weighted by Crippen LogP contribution is -2.27. The molecule has 2 rings (SSSR count). The lowest BCUT2D eigenvalue weighted by molar-refractivity contribution is -0.147. The first-order valence-corrected chi connectivity index (χ1v) is 3.59. The van der Waals surface area contributed by atoms with Gasteiger partial charge in [0.25, 0.3) is 0 Å². The fourth-order valence-electron chi connectivity index (χ4n) is 2.14. The number of carboxylic acids is 1. The Labute approximate surface area is 58.7 Å². The van der Waals surface area contributed by atoms with Crippen molar-refractivity contribution in [2.24, 2.45) is 11.3 Å². The Bertz CT molecular complexity index is 189. The van der Waals surface area contributed by atoms with Gasteiger partial charge in [0.15, 0.2) is 0 Å². The third-order valence-corrected chi connectivity index (χ3v) is 2.93. The Morgan fingerprint density at radius 1 is 1.50 bits per heavy atom. The molecular formula is C7H10O3. The van der Waals surface area contributed by atoms with Crippen molar-refractivity contribution in [3.63, 3.8) is 0 Å². The zero-order chi connectivity index (χ0) is 7.35. The monoisotopic (exact) mass is 142 g/mol. The smallest absolute Gasteiger partial charge is 0.312 e. The van der Waals surface area contributed by atoms with Gasteiger partial charge in [0.2, 0.25) is 0 Å². The summed E-state index contributed by atoms with van der Waals surface area (Å²) in [5.41, 5.74) is -0.708. The van der Waals surface area contributed by atoms with Crippen LogP contribution >= 0.6 is 0 Å². The molecule has 2 N–H and O–H groups in total. The van der Waals surface area contributed by atoms with Crippen molar-refractivity contribution in [3.8, 4) is 0 Å². The van der Waals surface area contributed by atoms with Crippen molar-refractivity contribution >= 4 is 5.97 Å². The van der Waals surface area contributed by atoms with E-state index in [2.05, 4.69) is 0 Å². The quantitative estimate of drug-likeness (QED) is 0.551. The number of aliphatic carboxylic acids is 1. The number of rotatable bonds is 1. The van der Waals surface area contributed by atoms with Gasteiger partial charge in [-0.25, -0.2) is 0 Å². The van der Waals surface area contributed by atoms with Gasteiger partial charge in [0.1, 0.15) is 0 Å². The van der Waals surface area contributed by atoms with Gasteiger partial charge in [-0.1, -0.05) is 0 Å². The van der Waals surface area contributed by atoms with E-state index >= 15 is 0 Å². The molecule has 0 bridgehead atoms. The van der Waals surface area contributed by atoms with Gasteiger partial charge in [-0.15, -0.1) is 0 Å². The second kappa shape index (κ2) is 1.53. The molecule has 3 unspecified atom stereocenters. The third kappa shape index (κ3) is 0.475. The van der Waals surface area contributed by atoms with Gasteiger partial charge >= 0.3 is 5.97 Å². The van der Waals surface area contributed by atoms with Gasteiger partial charge in [0, 0.05) is 0 Å². The minimum absolute atomic E-state index is 0.278. The Balaban J connectivity index is 2.25. The van der Waals surface area contributed by atoms with Crippen LogP contribution in [0.2, 0.25) is 0 Å². The highest BCUT2D eigenvalue weighted by atomic mass is 16.4. The van der Waals surface area contributed by atoms with Gasteiger partial charge in [0.05, 0.1) is 11.5 Å². The summed E-state index contributed by atoms with van der Waals surface area (Å²) < 4.78 is 0. The number of hydrogen-bond acceptors (Lipinski definition) is 2. The van der Waals surface area contributed by atoms with Gasteiger partial charge in [-0.3, -0.25) is 4.79 Å². The predicted octanol–water partition coefficient (Wildman–Crippen LogP) is 0.232. The third-order valence-electron chi connectivity index (χ3n) is 2.93. The van der Waals surface area contributed by atoms with E-state index in [-0.39, 0.29) is 5.92 Å². The lowest BCUT2D eigenvalue weighted by atomic mass is 10.0. The molecule has 0 heterocycles. The molecule has 0 aromatic carbocycles. The first kappa shape index (κ1) is 6.16. The minimum atomic E-state index is -0.803. The molecule has 0 aromatic rings. The van der Waals surface area contributed by atoms with E-state index < -0.39 is 17.5 Å². The van der Waals surface area contributed by atoms with Gasteiger partial charge in [-0.05, 0) is 25.2 Å². The topological polar surface area (TPSA) is 57.5 Å². The fraction of sp³-hybridized carbons (Fsp3) is 0.857. The highest BCUT2D eigenvalue weighted by Gasteiger charge is 2.67. The molecule has 0 saturated heterocycles. The molecule has 0 aromatic heterocycles. The number of hydrogen-bond donors (Lipinski definition) is 2. The summed E-state index contributed by atoms with van der Waals surface area (Å²) in [6.45, 7) is 0. The Morgan fingerprint density at radius 2 is 2.20 bits per heavy atom. The zero-order valence-corrected chi connectivity index (χ0v) is 5.58. The number of fused-ring (bicyclic) bond motifs is 1. The fourth-order valence-corrected chi connectivity index (χ4v) is 2.14. The van der Waals surface area contributed by atoms with Crippen LogP contribution in [0.1, 0.15) is 19.3 Å². The zero-order valence-electron chi connectivity index (χ0n) is 5.58. The first-order valence-electron chi connectivity index (χ1n) is 3.59. The molecule has 0 amide bonds.